The van der Waals surface area contributed by atoms with Gasteiger partial charge in [-0.05, 0) is 37.3 Å². The van der Waals surface area contributed by atoms with Crippen LogP contribution in [0.4, 0.5) is 10.2 Å². The SMILES string of the molecule is CC(Oc1ccccc1)C(=O)Nc1n[nH]c2ccc(OCCF)cc12. The summed E-state index contributed by atoms with van der Waals surface area (Å²) in [7, 11) is 0. The van der Waals surface area contributed by atoms with Gasteiger partial charge in [0.05, 0.1) is 5.52 Å². The molecule has 0 fully saturated rings. The minimum absolute atomic E-state index is 0.0208. The van der Waals surface area contributed by atoms with Crippen LogP contribution < -0.4 is 14.8 Å². The van der Waals surface area contributed by atoms with E-state index in [0.29, 0.717) is 22.7 Å². The number of anilines is 1. The third-order valence-electron chi connectivity index (χ3n) is 3.55. The fourth-order valence-electron chi connectivity index (χ4n) is 2.31. The molecule has 0 aliphatic heterocycles. The standard InChI is InChI=1S/C18H18FN3O3/c1-12(25-13-5-3-2-4-6-13)18(23)20-17-15-11-14(24-10-9-19)7-8-16(15)21-22-17/h2-8,11-12H,9-10H2,1H3,(H2,20,21,22,23). The van der Waals surface area contributed by atoms with E-state index in [0.717, 1.165) is 5.52 Å². The molecular weight excluding hydrogens is 325 g/mol. The highest BCUT2D eigenvalue weighted by atomic mass is 19.1. The Labute approximate surface area is 143 Å². The van der Waals surface area contributed by atoms with E-state index in [1.54, 1.807) is 37.3 Å². The van der Waals surface area contributed by atoms with Gasteiger partial charge in [0.15, 0.2) is 11.9 Å². The van der Waals surface area contributed by atoms with Gasteiger partial charge >= 0.3 is 0 Å². The maximum Gasteiger partial charge on any atom is 0.266 e. The number of carbonyl (C=O) groups excluding carboxylic acids is 1. The lowest BCUT2D eigenvalue weighted by Crippen LogP contribution is -2.30. The number of nitrogens with zero attached hydrogens (tertiary/aromatic N) is 1. The Kier molecular flexibility index (Phi) is 5.13. The monoisotopic (exact) mass is 343 g/mol. The van der Waals surface area contributed by atoms with Gasteiger partial charge in [0.25, 0.3) is 5.91 Å². The van der Waals surface area contributed by atoms with Gasteiger partial charge in [-0.15, -0.1) is 0 Å². The van der Waals surface area contributed by atoms with Crippen molar-refractivity contribution in [2.45, 2.75) is 13.0 Å². The molecule has 0 aliphatic rings. The van der Waals surface area contributed by atoms with Crippen LogP contribution in [0.25, 0.3) is 10.9 Å². The molecule has 7 heteroatoms. The summed E-state index contributed by atoms with van der Waals surface area (Å²) in [6, 6.07) is 14.3. The molecular formula is C18H18FN3O3. The van der Waals surface area contributed by atoms with E-state index < -0.39 is 12.8 Å². The first-order valence-corrected chi connectivity index (χ1v) is 7.87. The molecule has 1 heterocycles. The average Bonchev–Trinajstić information content (AvgIpc) is 3.03. The zero-order valence-corrected chi connectivity index (χ0v) is 13.7. The van der Waals surface area contributed by atoms with E-state index in [9.17, 15) is 9.18 Å². The largest absolute Gasteiger partial charge is 0.491 e. The summed E-state index contributed by atoms with van der Waals surface area (Å²) in [5, 5.41) is 10.3. The van der Waals surface area contributed by atoms with Crippen molar-refractivity contribution in [1.29, 1.82) is 0 Å². The minimum atomic E-state index is -0.694. The maximum absolute atomic E-state index is 12.3. The first-order valence-electron chi connectivity index (χ1n) is 7.87. The van der Waals surface area contributed by atoms with E-state index >= 15 is 0 Å². The number of aromatic amines is 1. The highest BCUT2D eigenvalue weighted by Gasteiger charge is 2.17. The van der Waals surface area contributed by atoms with Crippen LogP contribution >= 0.6 is 0 Å². The van der Waals surface area contributed by atoms with Crippen LogP contribution in [0.1, 0.15) is 6.92 Å². The Balaban J connectivity index is 1.72. The topological polar surface area (TPSA) is 76.2 Å². The number of hydrogen-bond acceptors (Lipinski definition) is 4. The van der Waals surface area contributed by atoms with Crippen molar-refractivity contribution in [2.24, 2.45) is 0 Å². The zero-order valence-electron chi connectivity index (χ0n) is 13.7. The second kappa shape index (κ2) is 7.65. The molecule has 0 saturated heterocycles. The lowest BCUT2D eigenvalue weighted by molar-refractivity contribution is -0.122. The molecule has 3 aromatic rings. The molecule has 2 N–H and O–H groups in total. The molecule has 0 radical (unpaired) electrons. The molecule has 1 aromatic heterocycles. The molecule has 0 spiro atoms. The Bertz CT molecular complexity index is 851. The number of halogens is 1. The second-order valence-corrected chi connectivity index (χ2v) is 5.38. The number of aromatic nitrogens is 2. The highest BCUT2D eigenvalue weighted by Crippen LogP contribution is 2.25. The number of benzene rings is 2. The Hall–Kier alpha value is -3.09. The fourth-order valence-corrected chi connectivity index (χ4v) is 2.31. The van der Waals surface area contributed by atoms with Gasteiger partial charge in [0.2, 0.25) is 0 Å². The average molecular weight is 343 g/mol. The third kappa shape index (κ3) is 4.06. The predicted octanol–water partition coefficient (Wildman–Crippen LogP) is 3.32. The van der Waals surface area contributed by atoms with Crippen LogP contribution in [0.15, 0.2) is 48.5 Å². The highest BCUT2D eigenvalue weighted by molar-refractivity contribution is 6.01. The fraction of sp³-hybridized carbons (Fsp3) is 0.222. The molecule has 6 nitrogen and oxygen atoms in total. The molecule has 0 aliphatic carbocycles. The third-order valence-corrected chi connectivity index (χ3v) is 3.55. The van der Waals surface area contributed by atoms with Crippen molar-refractivity contribution in [3.05, 3.63) is 48.5 Å². The molecule has 0 saturated carbocycles. The normalized spacial score (nSPS) is 11.9. The lowest BCUT2D eigenvalue weighted by Gasteiger charge is -2.13. The van der Waals surface area contributed by atoms with Crippen LogP contribution in [-0.4, -0.2) is 35.5 Å². The van der Waals surface area contributed by atoms with Crippen molar-refractivity contribution in [3.63, 3.8) is 0 Å². The van der Waals surface area contributed by atoms with E-state index in [1.165, 1.54) is 0 Å². The summed E-state index contributed by atoms with van der Waals surface area (Å²) in [5.74, 6) is 1.16. The zero-order chi connectivity index (χ0) is 17.6. The molecule has 1 unspecified atom stereocenters. The molecule has 2 aromatic carbocycles. The van der Waals surface area contributed by atoms with Gasteiger partial charge in [-0.1, -0.05) is 18.2 Å². The summed E-state index contributed by atoms with van der Waals surface area (Å²) in [6.07, 6.45) is -0.694. The van der Waals surface area contributed by atoms with Crippen LogP contribution in [0.3, 0.4) is 0 Å². The number of alkyl halides is 1. The van der Waals surface area contributed by atoms with Crippen LogP contribution in [0.2, 0.25) is 0 Å². The number of rotatable bonds is 7. The summed E-state index contributed by atoms with van der Waals surface area (Å²) in [6.45, 7) is 1.07. The molecule has 1 atom stereocenters. The van der Waals surface area contributed by atoms with E-state index in [1.807, 2.05) is 18.2 Å². The first-order chi connectivity index (χ1) is 12.2. The molecule has 25 heavy (non-hydrogen) atoms. The first kappa shape index (κ1) is 16.8. The maximum atomic E-state index is 12.3. The van der Waals surface area contributed by atoms with Crippen molar-refractivity contribution in [1.82, 2.24) is 10.2 Å². The van der Waals surface area contributed by atoms with E-state index in [-0.39, 0.29) is 12.5 Å². The van der Waals surface area contributed by atoms with Gasteiger partial charge in [0, 0.05) is 5.39 Å². The van der Waals surface area contributed by atoms with Crippen molar-refractivity contribution >= 4 is 22.6 Å². The predicted molar refractivity (Wildman–Crippen MR) is 92.7 cm³/mol. The second-order valence-electron chi connectivity index (χ2n) is 5.38. The van der Waals surface area contributed by atoms with E-state index in [2.05, 4.69) is 15.5 Å². The number of nitrogens with one attached hydrogen (secondary N) is 2. The van der Waals surface area contributed by atoms with E-state index in [4.69, 9.17) is 9.47 Å². The number of amides is 1. The summed E-state index contributed by atoms with van der Waals surface area (Å²) in [5.41, 5.74) is 0.736. The van der Waals surface area contributed by atoms with Gasteiger partial charge in [-0.2, -0.15) is 5.10 Å². The van der Waals surface area contributed by atoms with Crippen molar-refractivity contribution < 1.29 is 18.7 Å². The number of ether oxygens (including phenoxy) is 2. The van der Waals surface area contributed by atoms with Gasteiger partial charge in [-0.3, -0.25) is 9.89 Å². The van der Waals surface area contributed by atoms with Crippen LogP contribution in [0, 0.1) is 0 Å². The number of carbonyl (C=O) groups is 1. The smallest absolute Gasteiger partial charge is 0.266 e. The number of hydrogen-bond donors (Lipinski definition) is 2. The minimum Gasteiger partial charge on any atom is -0.491 e. The lowest BCUT2D eigenvalue weighted by atomic mass is 10.2. The van der Waals surface area contributed by atoms with Crippen molar-refractivity contribution in [2.75, 3.05) is 18.6 Å². The van der Waals surface area contributed by atoms with Crippen molar-refractivity contribution in [3.8, 4) is 11.5 Å². The molecule has 130 valence electrons. The van der Waals surface area contributed by atoms with Gasteiger partial charge in [0.1, 0.15) is 24.8 Å². The molecule has 1 amide bonds. The summed E-state index contributed by atoms with van der Waals surface area (Å²) in [4.78, 5) is 12.3. The summed E-state index contributed by atoms with van der Waals surface area (Å²) >= 11 is 0. The number of H-pyrrole nitrogens is 1. The summed E-state index contributed by atoms with van der Waals surface area (Å²) < 4.78 is 23.1. The number of para-hydroxylation sites is 1. The Morgan fingerprint density at radius 3 is 2.80 bits per heavy atom. The molecule has 0 bridgehead atoms. The quantitative estimate of drug-likeness (QED) is 0.690. The van der Waals surface area contributed by atoms with Crippen LogP contribution in [-0.2, 0) is 4.79 Å². The Morgan fingerprint density at radius 1 is 1.24 bits per heavy atom. The Morgan fingerprint density at radius 2 is 2.04 bits per heavy atom. The molecule has 3 rings (SSSR count). The number of fused-ring (bicyclic) bond motifs is 1. The van der Waals surface area contributed by atoms with Gasteiger partial charge in [-0.25, -0.2) is 4.39 Å². The van der Waals surface area contributed by atoms with Gasteiger partial charge < -0.3 is 14.8 Å². The van der Waals surface area contributed by atoms with Crippen LogP contribution in [0.5, 0.6) is 11.5 Å².